The molecule has 0 spiro atoms. The second-order valence-electron chi connectivity index (χ2n) is 4.58. The molecule has 0 fully saturated rings. The Labute approximate surface area is 120 Å². The number of nitrogens with one attached hydrogen (secondary N) is 2. The molecule has 1 heterocycles. The molecule has 2 rings (SSSR count). The SMILES string of the molecule is CC[C@H]1C=C(NC(=O)OC)c2cccc(C(F)(F)F)c2N1. The number of alkyl carbamates (subject to hydrolysis) is 1. The first kappa shape index (κ1) is 15.2. The number of halogens is 3. The van der Waals surface area contributed by atoms with Gasteiger partial charge in [0.25, 0.3) is 0 Å². The number of carbonyl (C=O) groups excluding carboxylic acids is 1. The monoisotopic (exact) mass is 300 g/mol. The molecule has 1 aromatic carbocycles. The van der Waals surface area contributed by atoms with Crippen molar-refractivity contribution in [2.45, 2.75) is 25.6 Å². The second kappa shape index (κ2) is 5.67. The number of ether oxygens (including phenoxy) is 1. The molecule has 1 aliphatic rings. The van der Waals surface area contributed by atoms with Gasteiger partial charge in [0.2, 0.25) is 0 Å². The van der Waals surface area contributed by atoms with E-state index in [1.165, 1.54) is 19.2 Å². The highest BCUT2D eigenvalue weighted by molar-refractivity contribution is 5.88. The van der Waals surface area contributed by atoms with Crippen molar-refractivity contribution in [1.29, 1.82) is 0 Å². The van der Waals surface area contributed by atoms with Crippen LogP contribution in [0.1, 0.15) is 24.5 Å². The smallest absolute Gasteiger partial charge is 0.418 e. The van der Waals surface area contributed by atoms with Gasteiger partial charge in [0.15, 0.2) is 0 Å². The number of alkyl halides is 3. The first-order chi connectivity index (χ1) is 9.86. The second-order valence-corrected chi connectivity index (χ2v) is 4.58. The predicted molar refractivity (Wildman–Crippen MR) is 72.7 cm³/mol. The van der Waals surface area contributed by atoms with Crippen LogP contribution in [0.4, 0.5) is 23.7 Å². The Bertz CT molecular complexity index is 582. The van der Waals surface area contributed by atoms with Crippen LogP contribution in [-0.2, 0) is 10.9 Å². The molecular formula is C14H15F3N2O2. The lowest BCUT2D eigenvalue weighted by Crippen LogP contribution is -2.30. The number of hydrogen-bond acceptors (Lipinski definition) is 3. The van der Waals surface area contributed by atoms with Crippen LogP contribution in [0.25, 0.3) is 5.70 Å². The van der Waals surface area contributed by atoms with Crippen LogP contribution >= 0.6 is 0 Å². The molecule has 2 N–H and O–H groups in total. The summed E-state index contributed by atoms with van der Waals surface area (Å²) >= 11 is 0. The number of fused-ring (bicyclic) bond motifs is 1. The molecule has 114 valence electrons. The maximum atomic E-state index is 13.1. The number of anilines is 1. The molecule has 0 radical (unpaired) electrons. The van der Waals surface area contributed by atoms with Crippen LogP contribution in [0.2, 0.25) is 0 Å². The van der Waals surface area contributed by atoms with Crippen molar-refractivity contribution < 1.29 is 22.7 Å². The third-order valence-corrected chi connectivity index (χ3v) is 3.22. The number of benzene rings is 1. The van der Waals surface area contributed by atoms with Crippen molar-refractivity contribution >= 4 is 17.5 Å². The average molecular weight is 300 g/mol. The lowest BCUT2D eigenvalue weighted by Gasteiger charge is -2.28. The molecule has 1 amide bonds. The number of amides is 1. The van der Waals surface area contributed by atoms with Crippen molar-refractivity contribution in [2.24, 2.45) is 0 Å². The summed E-state index contributed by atoms with van der Waals surface area (Å²) in [5.41, 5.74) is -0.171. The number of hydrogen-bond donors (Lipinski definition) is 2. The largest absolute Gasteiger partial charge is 0.453 e. The Balaban J connectivity index is 2.51. The van der Waals surface area contributed by atoms with Crippen molar-refractivity contribution in [3.05, 3.63) is 35.4 Å². The van der Waals surface area contributed by atoms with Gasteiger partial charge in [-0.25, -0.2) is 4.79 Å². The summed E-state index contributed by atoms with van der Waals surface area (Å²) in [7, 11) is 1.20. The van der Waals surface area contributed by atoms with E-state index in [9.17, 15) is 18.0 Å². The zero-order valence-electron chi connectivity index (χ0n) is 11.5. The maximum Gasteiger partial charge on any atom is 0.418 e. The lowest BCUT2D eigenvalue weighted by atomic mass is 9.97. The fraction of sp³-hybridized carbons (Fsp3) is 0.357. The highest BCUT2D eigenvalue weighted by atomic mass is 19.4. The van der Waals surface area contributed by atoms with Gasteiger partial charge < -0.3 is 10.1 Å². The molecule has 1 aliphatic heterocycles. The standard InChI is InChI=1S/C14H15F3N2O2/c1-3-8-7-11(19-13(20)21-2)9-5-4-6-10(12(9)18-8)14(15,16)17/h4-8,18H,3H2,1-2H3,(H,19,20)/t8-/m0/s1. The van der Waals surface area contributed by atoms with E-state index in [4.69, 9.17) is 0 Å². The molecule has 1 atom stereocenters. The molecule has 21 heavy (non-hydrogen) atoms. The van der Waals surface area contributed by atoms with Crippen LogP contribution in [0.3, 0.4) is 0 Å². The van der Waals surface area contributed by atoms with E-state index >= 15 is 0 Å². The van der Waals surface area contributed by atoms with Gasteiger partial charge in [-0.1, -0.05) is 19.1 Å². The van der Waals surface area contributed by atoms with E-state index in [0.29, 0.717) is 17.7 Å². The Kier molecular flexibility index (Phi) is 4.11. The van der Waals surface area contributed by atoms with E-state index < -0.39 is 17.8 Å². The summed E-state index contributed by atoms with van der Waals surface area (Å²) in [5, 5.41) is 5.31. The molecule has 1 aromatic rings. The van der Waals surface area contributed by atoms with E-state index in [1.54, 1.807) is 6.08 Å². The van der Waals surface area contributed by atoms with Gasteiger partial charge in [-0.3, -0.25) is 5.32 Å². The quantitative estimate of drug-likeness (QED) is 0.877. The van der Waals surface area contributed by atoms with Crippen LogP contribution in [0, 0.1) is 0 Å². The Morgan fingerprint density at radius 2 is 2.14 bits per heavy atom. The zero-order chi connectivity index (χ0) is 15.6. The van der Waals surface area contributed by atoms with Gasteiger partial charge in [0.1, 0.15) is 0 Å². The van der Waals surface area contributed by atoms with Crippen LogP contribution in [-0.4, -0.2) is 19.2 Å². The maximum absolute atomic E-state index is 13.1. The molecule has 0 saturated carbocycles. The zero-order valence-corrected chi connectivity index (χ0v) is 11.5. The highest BCUT2D eigenvalue weighted by Crippen LogP contribution is 2.40. The minimum atomic E-state index is -4.47. The Morgan fingerprint density at radius 1 is 1.43 bits per heavy atom. The predicted octanol–water partition coefficient (Wildman–Crippen LogP) is 3.61. The number of rotatable bonds is 2. The summed E-state index contributed by atoms with van der Waals surface area (Å²) in [4.78, 5) is 11.3. The van der Waals surface area contributed by atoms with Gasteiger partial charge in [0.05, 0.1) is 24.1 Å². The van der Waals surface area contributed by atoms with Gasteiger partial charge in [-0.15, -0.1) is 0 Å². The molecule has 0 bridgehead atoms. The third kappa shape index (κ3) is 3.12. The van der Waals surface area contributed by atoms with Crippen molar-refractivity contribution in [3.8, 4) is 0 Å². The molecule has 4 nitrogen and oxygen atoms in total. The summed E-state index contributed by atoms with van der Waals surface area (Å²) in [5.74, 6) is 0. The first-order valence-corrected chi connectivity index (χ1v) is 6.40. The average Bonchev–Trinajstić information content (AvgIpc) is 2.45. The van der Waals surface area contributed by atoms with Gasteiger partial charge in [-0.2, -0.15) is 13.2 Å². The number of carbonyl (C=O) groups is 1. The minimum Gasteiger partial charge on any atom is -0.453 e. The fourth-order valence-electron chi connectivity index (χ4n) is 2.18. The molecule has 7 heteroatoms. The van der Waals surface area contributed by atoms with Crippen molar-refractivity contribution in [3.63, 3.8) is 0 Å². The molecule has 0 unspecified atom stereocenters. The van der Waals surface area contributed by atoms with E-state index in [0.717, 1.165) is 6.07 Å². The van der Waals surface area contributed by atoms with E-state index in [1.807, 2.05) is 6.92 Å². The Morgan fingerprint density at radius 3 is 2.71 bits per heavy atom. The van der Waals surface area contributed by atoms with E-state index in [2.05, 4.69) is 15.4 Å². The topological polar surface area (TPSA) is 50.4 Å². The van der Waals surface area contributed by atoms with Gasteiger partial charge >= 0.3 is 12.3 Å². The third-order valence-electron chi connectivity index (χ3n) is 3.22. The summed E-state index contributed by atoms with van der Waals surface area (Å²) in [6, 6.07) is 3.54. The van der Waals surface area contributed by atoms with Crippen LogP contribution in [0.15, 0.2) is 24.3 Å². The van der Waals surface area contributed by atoms with Gasteiger partial charge in [0, 0.05) is 11.6 Å². The highest BCUT2D eigenvalue weighted by Gasteiger charge is 2.36. The van der Waals surface area contributed by atoms with Gasteiger partial charge in [-0.05, 0) is 18.6 Å². The summed E-state index contributed by atoms with van der Waals surface area (Å²) in [6.45, 7) is 1.84. The molecule has 0 aromatic heterocycles. The van der Waals surface area contributed by atoms with Crippen LogP contribution in [0.5, 0.6) is 0 Å². The fourth-order valence-corrected chi connectivity index (χ4v) is 2.18. The molecule has 0 saturated heterocycles. The molecule has 0 aliphatic carbocycles. The Hall–Kier alpha value is -2.18. The number of methoxy groups -OCH3 is 1. The summed E-state index contributed by atoms with van der Waals surface area (Å²) < 4.78 is 43.8. The minimum absolute atomic E-state index is 0.0225. The number of para-hydroxylation sites is 1. The van der Waals surface area contributed by atoms with Crippen LogP contribution < -0.4 is 10.6 Å². The lowest BCUT2D eigenvalue weighted by molar-refractivity contribution is -0.137. The molecular weight excluding hydrogens is 285 g/mol. The van der Waals surface area contributed by atoms with Crippen molar-refractivity contribution in [1.82, 2.24) is 5.32 Å². The normalized spacial score (nSPS) is 17.4. The summed E-state index contributed by atoms with van der Waals surface area (Å²) in [6.07, 6.45) is -2.93. The first-order valence-electron chi connectivity index (χ1n) is 6.40. The van der Waals surface area contributed by atoms with E-state index in [-0.39, 0.29) is 11.7 Å². The van der Waals surface area contributed by atoms with Crippen molar-refractivity contribution in [2.75, 3.05) is 12.4 Å².